The van der Waals surface area contributed by atoms with Crippen molar-refractivity contribution in [3.63, 3.8) is 0 Å². The van der Waals surface area contributed by atoms with Gasteiger partial charge in [0.25, 0.3) is 0 Å². The third-order valence-corrected chi connectivity index (χ3v) is 4.42. The standard InChI is InChI=1S/C19H25N5O3/c1-26-15-7-6-14(12-16(15)27-2)22-19(25)21-13-17-20-9-8-18(23-17)24-10-4-3-5-11-24/h6-9,12H,3-5,10-11,13H2,1-2H3,(H2,21,22,25). The van der Waals surface area contributed by atoms with Gasteiger partial charge in [0.15, 0.2) is 11.5 Å². The maximum Gasteiger partial charge on any atom is 0.319 e. The van der Waals surface area contributed by atoms with Gasteiger partial charge in [0, 0.05) is 31.0 Å². The molecule has 3 rings (SSSR count). The van der Waals surface area contributed by atoms with Gasteiger partial charge in [-0.05, 0) is 37.5 Å². The normalized spacial score (nSPS) is 13.8. The molecule has 2 heterocycles. The number of benzene rings is 1. The zero-order valence-electron chi connectivity index (χ0n) is 15.7. The average molecular weight is 371 g/mol. The highest BCUT2D eigenvalue weighted by molar-refractivity contribution is 5.89. The van der Waals surface area contributed by atoms with Crippen LogP contribution in [0.15, 0.2) is 30.5 Å². The Kier molecular flexibility index (Phi) is 6.30. The number of ether oxygens (including phenoxy) is 2. The van der Waals surface area contributed by atoms with Crippen molar-refractivity contribution in [1.29, 1.82) is 0 Å². The highest BCUT2D eigenvalue weighted by Crippen LogP contribution is 2.29. The molecule has 0 aliphatic carbocycles. The number of amides is 2. The second-order valence-electron chi connectivity index (χ2n) is 6.26. The zero-order chi connectivity index (χ0) is 19.1. The summed E-state index contributed by atoms with van der Waals surface area (Å²) >= 11 is 0. The number of aromatic nitrogens is 2. The fourth-order valence-corrected chi connectivity index (χ4v) is 3.02. The SMILES string of the molecule is COc1ccc(NC(=O)NCc2nccc(N3CCCCC3)n2)cc1OC. The maximum atomic E-state index is 12.2. The summed E-state index contributed by atoms with van der Waals surface area (Å²) in [5.74, 6) is 2.65. The van der Waals surface area contributed by atoms with Crippen molar-refractivity contribution in [2.45, 2.75) is 25.8 Å². The molecule has 1 fully saturated rings. The molecule has 2 aromatic rings. The first-order chi connectivity index (χ1) is 13.2. The van der Waals surface area contributed by atoms with Gasteiger partial charge in [0.2, 0.25) is 0 Å². The van der Waals surface area contributed by atoms with Gasteiger partial charge in [-0.1, -0.05) is 0 Å². The van der Waals surface area contributed by atoms with Crippen molar-refractivity contribution in [2.75, 3.05) is 37.5 Å². The molecule has 0 spiro atoms. The van der Waals surface area contributed by atoms with Crippen molar-refractivity contribution in [3.8, 4) is 11.5 Å². The molecule has 0 saturated carbocycles. The average Bonchev–Trinajstić information content (AvgIpc) is 2.73. The molecule has 0 unspecified atom stereocenters. The highest BCUT2D eigenvalue weighted by atomic mass is 16.5. The van der Waals surface area contributed by atoms with E-state index in [9.17, 15) is 4.79 Å². The molecule has 1 aliphatic rings. The molecule has 1 saturated heterocycles. The first-order valence-corrected chi connectivity index (χ1v) is 9.03. The van der Waals surface area contributed by atoms with Crippen LogP contribution in [0.5, 0.6) is 11.5 Å². The second-order valence-corrected chi connectivity index (χ2v) is 6.26. The Balaban J connectivity index is 1.56. The second kappa shape index (κ2) is 9.07. The zero-order valence-corrected chi connectivity index (χ0v) is 15.7. The fraction of sp³-hybridized carbons (Fsp3) is 0.421. The first-order valence-electron chi connectivity index (χ1n) is 9.03. The molecule has 27 heavy (non-hydrogen) atoms. The minimum Gasteiger partial charge on any atom is -0.493 e. The third-order valence-electron chi connectivity index (χ3n) is 4.42. The number of piperidine rings is 1. The lowest BCUT2D eigenvalue weighted by atomic mass is 10.1. The Labute approximate surface area is 158 Å². The number of anilines is 2. The first kappa shape index (κ1) is 18.8. The van der Waals surface area contributed by atoms with Gasteiger partial charge in [0.05, 0.1) is 20.8 Å². The Bertz CT molecular complexity index is 778. The van der Waals surface area contributed by atoms with E-state index < -0.39 is 0 Å². The number of urea groups is 1. The minimum atomic E-state index is -0.339. The van der Waals surface area contributed by atoms with Crippen molar-refractivity contribution in [2.24, 2.45) is 0 Å². The molecule has 1 aromatic heterocycles. The summed E-state index contributed by atoms with van der Waals surface area (Å²) in [4.78, 5) is 23.2. The molecule has 1 aromatic carbocycles. The van der Waals surface area contributed by atoms with Gasteiger partial charge in [-0.15, -0.1) is 0 Å². The van der Waals surface area contributed by atoms with Gasteiger partial charge in [-0.3, -0.25) is 0 Å². The van der Waals surface area contributed by atoms with E-state index in [2.05, 4.69) is 25.5 Å². The van der Waals surface area contributed by atoms with Crippen molar-refractivity contribution < 1.29 is 14.3 Å². The number of nitrogens with one attached hydrogen (secondary N) is 2. The van der Waals surface area contributed by atoms with Crippen LogP contribution in [0.3, 0.4) is 0 Å². The highest BCUT2D eigenvalue weighted by Gasteiger charge is 2.13. The summed E-state index contributed by atoms with van der Waals surface area (Å²) in [5.41, 5.74) is 0.605. The van der Waals surface area contributed by atoms with E-state index in [1.807, 2.05) is 6.07 Å². The Hall–Kier alpha value is -3.03. The van der Waals surface area contributed by atoms with E-state index in [0.29, 0.717) is 23.0 Å². The molecular weight excluding hydrogens is 346 g/mol. The number of carbonyl (C=O) groups is 1. The van der Waals surface area contributed by atoms with E-state index in [-0.39, 0.29) is 12.6 Å². The van der Waals surface area contributed by atoms with E-state index in [0.717, 1.165) is 18.9 Å². The number of carbonyl (C=O) groups excluding carboxylic acids is 1. The van der Waals surface area contributed by atoms with Crippen LogP contribution >= 0.6 is 0 Å². The molecule has 0 atom stereocenters. The lowest BCUT2D eigenvalue weighted by Crippen LogP contribution is -2.31. The molecule has 2 amide bonds. The number of methoxy groups -OCH3 is 2. The maximum absolute atomic E-state index is 12.2. The molecule has 144 valence electrons. The number of nitrogens with zero attached hydrogens (tertiary/aromatic N) is 3. The van der Waals surface area contributed by atoms with Crippen molar-refractivity contribution in [3.05, 3.63) is 36.3 Å². The predicted octanol–water partition coefficient (Wildman–Crippen LogP) is 2.81. The molecular formula is C19H25N5O3. The quantitative estimate of drug-likeness (QED) is 0.812. The number of hydrogen-bond donors (Lipinski definition) is 2. The van der Waals surface area contributed by atoms with Gasteiger partial charge < -0.3 is 25.0 Å². The van der Waals surface area contributed by atoms with Crippen LogP contribution in [0.1, 0.15) is 25.1 Å². The van der Waals surface area contributed by atoms with Gasteiger partial charge in [-0.2, -0.15) is 0 Å². The summed E-state index contributed by atoms with van der Waals surface area (Å²) in [6.07, 6.45) is 5.38. The van der Waals surface area contributed by atoms with Crippen molar-refractivity contribution >= 4 is 17.5 Å². The van der Waals surface area contributed by atoms with Crippen LogP contribution in [0.2, 0.25) is 0 Å². The smallest absolute Gasteiger partial charge is 0.319 e. The number of hydrogen-bond acceptors (Lipinski definition) is 6. The molecule has 8 nitrogen and oxygen atoms in total. The summed E-state index contributed by atoms with van der Waals surface area (Å²) in [5, 5.41) is 5.54. The monoisotopic (exact) mass is 371 g/mol. The van der Waals surface area contributed by atoms with Crippen LogP contribution in [0.4, 0.5) is 16.3 Å². The van der Waals surface area contributed by atoms with E-state index >= 15 is 0 Å². The van der Waals surface area contributed by atoms with E-state index in [1.54, 1.807) is 38.6 Å². The Morgan fingerprint density at radius 3 is 2.63 bits per heavy atom. The van der Waals surface area contributed by atoms with Gasteiger partial charge >= 0.3 is 6.03 Å². The van der Waals surface area contributed by atoms with E-state index in [4.69, 9.17) is 9.47 Å². The molecule has 0 radical (unpaired) electrons. The largest absolute Gasteiger partial charge is 0.493 e. The summed E-state index contributed by atoms with van der Waals surface area (Å²) in [6.45, 7) is 2.29. The van der Waals surface area contributed by atoms with Gasteiger partial charge in [0.1, 0.15) is 11.6 Å². The molecule has 8 heteroatoms. The summed E-state index contributed by atoms with van der Waals surface area (Å²) in [7, 11) is 3.12. The third kappa shape index (κ3) is 4.99. The van der Waals surface area contributed by atoms with E-state index in [1.165, 1.54) is 19.3 Å². The lowest BCUT2D eigenvalue weighted by Gasteiger charge is -2.27. The Morgan fingerprint density at radius 2 is 1.89 bits per heavy atom. The topological polar surface area (TPSA) is 88.6 Å². The molecule has 0 bridgehead atoms. The van der Waals surface area contributed by atoms with Crippen molar-refractivity contribution in [1.82, 2.24) is 15.3 Å². The fourth-order valence-electron chi connectivity index (χ4n) is 3.02. The van der Waals surface area contributed by atoms with Crippen LogP contribution in [-0.2, 0) is 6.54 Å². The van der Waals surface area contributed by atoms with Crippen LogP contribution in [0, 0.1) is 0 Å². The predicted molar refractivity (Wildman–Crippen MR) is 104 cm³/mol. The van der Waals surface area contributed by atoms with Gasteiger partial charge in [-0.25, -0.2) is 14.8 Å². The lowest BCUT2D eigenvalue weighted by molar-refractivity contribution is 0.251. The molecule has 2 N–H and O–H groups in total. The summed E-state index contributed by atoms with van der Waals surface area (Å²) in [6, 6.07) is 6.76. The number of rotatable bonds is 6. The van der Waals surface area contributed by atoms with Crippen LogP contribution < -0.4 is 25.0 Å². The van der Waals surface area contributed by atoms with Crippen LogP contribution in [0.25, 0.3) is 0 Å². The molecule has 1 aliphatic heterocycles. The summed E-state index contributed by atoms with van der Waals surface area (Å²) < 4.78 is 10.4. The minimum absolute atomic E-state index is 0.251. The Morgan fingerprint density at radius 1 is 1.11 bits per heavy atom. The van der Waals surface area contributed by atoms with Crippen LogP contribution in [-0.4, -0.2) is 43.3 Å².